The van der Waals surface area contributed by atoms with E-state index in [0.717, 1.165) is 25.9 Å². The van der Waals surface area contributed by atoms with Crippen LogP contribution < -0.4 is 5.32 Å². The minimum atomic E-state index is 1.08. The first-order valence-corrected chi connectivity index (χ1v) is 5.16. The normalized spacial score (nSPS) is 15.6. The molecule has 1 nitrogen and oxygen atoms in total. The lowest BCUT2D eigenvalue weighted by molar-refractivity contribution is 0.672. The van der Waals surface area contributed by atoms with E-state index in [4.69, 9.17) is 0 Å². The molecule has 0 spiro atoms. The molecular weight excluding hydrogens is 158 g/mol. The Balaban J connectivity index is 2.17. The molecule has 0 radical (unpaired) electrons. The highest BCUT2D eigenvalue weighted by atomic mass is 14.8. The van der Waals surface area contributed by atoms with Crippen LogP contribution in [0.1, 0.15) is 26.2 Å². The summed E-state index contributed by atoms with van der Waals surface area (Å²) in [6.45, 7) is 4.43. The van der Waals surface area contributed by atoms with Crippen LogP contribution in [0.15, 0.2) is 36.0 Å². The largest absolute Gasteiger partial charge is 0.316 e. The van der Waals surface area contributed by atoms with E-state index in [9.17, 15) is 0 Å². The first-order chi connectivity index (χ1) is 6.43. The molecule has 72 valence electrons. The lowest BCUT2D eigenvalue weighted by Gasteiger charge is -2.03. The molecule has 0 aromatic heterocycles. The highest BCUT2D eigenvalue weighted by Gasteiger charge is 1.93. The van der Waals surface area contributed by atoms with Gasteiger partial charge in [0.2, 0.25) is 0 Å². The molecule has 0 amide bonds. The van der Waals surface area contributed by atoms with Gasteiger partial charge >= 0.3 is 0 Å². The molecule has 0 heterocycles. The second-order valence-corrected chi connectivity index (χ2v) is 3.30. The smallest absolute Gasteiger partial charge is 0.000847 e. The Morgan fingerprint density at radius 1 is 1.31 bits per heavy atom. The van der Waals surface area contributed by atoms with Gasteiger partial charge in [0.15, 0.2) is 0 Å². The third-order valence-corrected chi connectivity index (χ3v) is 2.09. The number of nitrogens with one attached hydrogen (secondary N) is 1. The van der Waals surface area contributed by atoms with Gasteiger partial charge in [-0.2, -0.15) is 0 Å². The van der Waals surface area contributed by atoms with Gasteiger partial charge in [0.05, 0.1) is 0 Å². The van der Waals surface area contributed by atoms with Crippen LogP contribution in [-0.2, 0) is 0 Å². The van der Waals surface area contributed by atoms with Gasteiger partial charge in [0.25, 0.3) is 0 Å². The van der Waals surface area contributed by atoms with Gasteiger partial charge in [-0.1, -0.05) is 42.9 Å². The summed E-state index contributed by atoms with van der Waals surface area (Å²) in [5.74, 6) is 0. The Bertz CT molecular complexity index is 211. The molecule has 0 aromatic rings. The topological polar surface area (TPSA) is 12.0 Å². The highest BCUT2D eigenvalue weighted by Crippen LogP contribution is 2.07. The minimum Gasteiger partial charge on any atom is -0.316 e. The zero-order chi connectivity index (χ0) is 9.36. The van der Waals surface area contributed by atoms with Gasteiger partial charge in [-0.05, 0) is 32.4 Å². The van der Waals surface area contributed by atoms with Crippen molar-refractivity contribution in [1.82, 2.24) is 5.32 Å². The van der Waals surface area contributed by atoms with E-state index in [0.29, 0.717) is 0 Å². The van der Waals surface area contributed by atoms with Crippen molar-refractivity contribution in [2.24, 2.45) is 0 Å². The lowest BCUT2D eigenvalue weighted by atomic mass is 10.1. The second kappa shape index (κ2) is 6.67. The fraction of sp³-hybridized carbons (Fsp3) is 0.500. The third-order valence-electron chi connectivity index (χ3n) is 2.09. The number of allylic oxidation sites excluding steroid dienone is 5. The average molecular weight is 177 g/mol. The summed E-state index contributed by atoms with van der Waals surface area (Å²) in [5, 5.41) is 3.41. The maximum absolute atomic E-state index is 3.41. The Labute approximate surface area is 81.2 Å². The maximum Gasteiger partial charge on any atom is -0.000847 e. The molecule has 0 saturated heterocycles. The molecule has 1 heteroatoms. The predicted octanol–water partition coefficient (Wildman–Crippen LogP) is 2.82. The predicted molar refractivity (Wildman–Crippen MR) is 58.8 cm³/mol. The summed E-state index contributed by atoms with van der Waals surface area (Å²) in [4.78, 5) is 0. The van der Waals surface area contributed by atoms with E-state index < -0.39 is 0 Å². The summed E-state index contributed by atoms with van der Waals surface area (Å²) in [7, 11) is 0. The Morgan fingerprint density at radius 2 is 2.23 bits per heavy atom. The van der Waals surface area contributed by atoms with E-state index in [1.54, 1.807) is 0 Å². The SMILES string of the molecule is CCCNCCC1=CCC=CC=C1. The van der Waals surface area contributed by atoms with E-state index in [1.807, 2.05) is 0 Å². The molecule has 0 aromatic carbocycles. The first kappa shape index (κ1) is 10.3. The van der Waals surface area contributed by atoms with Crippen molar-refractivity contribution in [1.29, 1.82) is 0 Å². The monoisotopic (exact) mass is 177 g/mol. The minimum absolute atomic E-state index is 1.08. The molecule has 1 rings (SSSR count). The first-order valence-electron chi connectivity index (χ1n) is 5.16. The summed E-state index contributed by atoms with van der Waals surface area (Å²) < 4.78 is 0. The van der Waals surface area contributed by atoms with Crippen LogP contribution in [0.2, 0.25) is 0 Å². The van der Waals surface area contributed by atoms with Crippen molar-refractivity contribution in [3.8, 4) is 0 Å². The summed E-state index contributed by atoms with van der Waals surface area (Å²) in [6, 6.07) is 0. The van der Waals surface area contributed by atoms with Crippen LogP contribution in [0.25, 0.3) is 0 Å². The van der Waals surface area contributed by atoms with Crippen molar-refractivity contribution in [3.63, 3.8) is 0 Å². The highest BCUT2D eigenvalue weighted by molar-refractivity contribution is 5.26. The van der Waals surface area contributed by atoms with E-state index >= 15 is 0 Å². The van der Waals surface area contributed by atoms with Crippen molar-refractivity contribution < 1.29 is 0 Å². The quantitative estimate of drug-likeness (QED) is 0.637. The van der Waals surface area contributed by atoms with Crippen molar-refractivity contribution in [2.45, 2.75) is 26.2 Å². The molecule has 1 aliphatic carbocycles. The zero-order valence-electron chi connectivity index (χ0n) is 8.42. The van der Waals surface area contributed by atoms with Crippen LogP contribution in [0.4, 0.5) is 0 Å². The van der Waals surface area contributed by atoms with E-state index in [-0.39, 0.29) is 0 Å². The van der Waals surface area contributed by atoms with Crippen LogP contribution in [0.5, 0.6) is 0 Å². The van der Waals surface area contributed by atoms with Crippen molar-refractivity contribution in [2.75, 3.05) is 13.1 Å². The van der Waals surface area contributed by atoms with Gasteiger partial charge in [-0.25, -0.2) is 0 Å². The molecule has 0 bridgehead atoms. The molecule has 0 atom stereocenters. The summed E-state index contributed by atoms with van der Waals surface area (Å²) in [5.41, 5.74) is 1.45. The summed E-state index contributed by atoms with van der Waals surface area (Å²) in [6.07, 6.45) is 14.4. The molecule has 1 aliphatic rings. The zero-order valence-corrected chi connectivity index (χ0v) is 8.42. The van der Waals surface area contributed by atoms with Crippen LogP contribution in [0.3, 0.4) is 0 Å². The van der Waals surface area contributed by atoms with Gasteiger partial charge in [0, 0.05) is 0 Å². The van der Waals surface area contributed by atoms with Crippen LogP contribution in [-0.4, -0.2) is 13.1 Å². The molecule has 0 aliphatic heterocycles. The molecule has 0 fully saturated rings. The number of hydrogen-bond acceptors (Lipinski definition) is 1. The fourth-order valence-corrected chi connectivity index (χ4v) is 1.34. The number of rotatable bonds is 5. The van der Waals surface area contributed by atoms with E-state index in [1.165, 1.54) is 12.0 Å². The van der Waals surface area contributed by atoms with E-state index in [2.05, 4.69) is 42.6 Å². The molecule has 0 saturated carbocycles. The van der Waals surface area contributed by atoms with Gasteiger partial charge < -0.3 is 5.32 Å². The van der Waals surface area contributed by atoms with Gasteiger partial charge in [0.1, 0.15) is 0 Å². The molecule has 13 heavy (non-hydrogen) atoms. The van der Waals surface area contributed by atoms with Crippen molar-refractivity contribution in [3.05, 3.63) is 36.0 Å². The fourth-order valence-electron chi connectivity index (χ4n) is 1.34. The Kier molecular flexibility index (Phi) is 5.27. The average Bonchev–Trinajstić information content (AvgIpc) is 2.41. The number of hydrogen-bond donors (Lipinski definition) is 1. The molecule has 1 N–H and O–H groups in total. The van der Waals surface area contributed by atoms with Gasteiger partial charge in [-0.15, -0.1) is 0 Å². The summed E-state index contributed by atoms with van der Waals surface area (Å²) >= 11 is 0. The Morgan fingerprint density at radius 3 is 3.08 bits per heavy atom. The molecular formula is C12H19N. The lowest BCUT2D eigenvalue weighted by Crippen LogP contribution is -2.16. The van der Waals surface area contributed by atoms with Gasteiger partial charge in [-0.3, -0.25) is 0 Å². The maximum atomic E-state index is 3.41. The third kappa shape index (κ3) is 4.69. The second-order valence-electron chi connectivity index (χ2n) is 3.30. The van der Waals surface area contributed by atoms with Crippen molar-refractivity contribution >= 4 is 0 Å². The standard InChI is InChI=1S/C12H19N/c1-2-10-13-11-9-12-7-5-3-4-6-8-12/h3-5,7-8,13H,2,6,9-11H2,1H3. The molecule has 0 unspecified atom stereocenters. The van der Waals surface area contributed by atoms with Crippen LogP contribution in [0, 0.1) is 0 Å². The van der Waals surface area contributed by atoms with Crippen LogP contribution >= 0.6 is 0 Å². The Hall–Kier alpha value is -0.820.